The molecule has 0 radical (unpaired) electrons. The first-order valence-corrected chi connectivity index (χ1v) is 12.2. The highest BCUT2D eigenvalue weighted by Gasteiger charge is 2.32. The van der Waals surface area contributed by atoms with Crippen LogP contribution in [0.2, 0.25) is 6.32 Å². The van der Waals surface area contributed by atoms with E-state index in [2.05, 4.69) is 71.9 Å². The average Bonchev–Trinajstić information content (AvgIpc) is 3.26. The summed E-state index contributed by atoms with van der Waals surface area (Å²) >= 11 is 0. The van der Waals surface area contributed by atoms with E-state index in [-0.39, 0.29) is 0 Å². The third-order valence-corrected chi connectivity index (χ3v) is 7.83. The molecule has 0 spiro atoms. The van der Waals surface area contributed by atoms with Crippen LogP contribution in [-0.4, -0.2) is 6.71 Å². The number of allylic oxidation sites excluding steroid dienone is 2. The lowest BCUT2D eigenvalue weighted by molar-refractivity contribution is 0.609. The van der Waals surface area contributed by atoms with Crippen LogP contribution in [0.25, 0.3) is 0 Å². The number of fused-ring (bicyclic) bond motifs is 2. The number of aryl methyl sites for hydroxylation is 6. The van der Waals surface area contributed by atoms with Crippen LogP contribution in [-0.2, 0) is 0 Å². The van der Waals surface area contributed by atoms with Gasteiger partial charge in [-0.1, -0.05) is 99.4 Å². The molecular formula is C29H39B. The molecule has 0 nitrogen and oxygen atoms in total. The van der Waals surface area contributed by atoms with E-state index in [0.29, 0.717) is 6.71 Å². The normalized spacial score (nSPS) is 20.0. The molecule has 2 aromatic carbocycles. The summed E-state index contributed by atoms with van der Waals surface area (Å²) in [6, 6.07) is 9.53. The molecule has 2 unspecified atom stereocenters. The Balaban J connectivity index is 1.58. The van der Waals surface area contributed by atoms with E-state index in [9.17, 15) is 0 Å². The molecule has 0 N–H and O–H groups in total. The molecule has 2 aliphatic rings. The fourth-order valence-electron chi connectivity index (χ4n) is 6.82. The van der Waals surface area contributed by atoms with Crippen LogP contribution < -0.4 is 10.9 Å². The molecule has 158 valence electrons. The Labute approximate surface area is 185 Å². The molecule has 0 heterocycles. The second-order valence-electron chi connectivity index (χ2n) is 10.4. The van der Waals surface area contributed by atoms with E-state index in [4.69, 9.17) is 0 Å². The zero-order valence-corrected chi connectivity index (χ0v) is 20.1. The molecule has 1 fully saturated rings. The Morgan fingerprint density at radius 1 is 0.733 bits per heavy atom. The van der Waals surface area contributed by atoms with Crippen molar-refractivity contribution >= 4 is 17.6 Å². The Morgan fingerprint density at radius 2 is 1.27 bits per heavy atom. The van der Waals surface area contributed by atoms with Gasteiger partial charge in [0, 0.05) is 0 Å². The van der Waals surface area contributed by atoms with E-state index in [1.54, 1.807) is 16.5 Å². The smallest absolute Gasteiger partial charge is 0.0819 e. The van der Waals surface area contributed by atoms with Crippen molar-refractivity contribution in [3.63, 3.8) is 0 Å². The number of benzene rings is 2. The highest BCUT2D eigenvalue weighted by Crippen LogP contribution is 2.45. The summed E-state index contributed by atoms with van der Waals surface area (Å²) in [6.07, 6.45) is 12.3. The van der Waals surface area contributed by atoms with Crippen molar-refractivity contribution in [1.82, 2.24) is 0 Å². The van der Waals surface area contributed by atoms with Gasteiger partial charge < -0.3 is 0 Å². The molecule has 0 aliphatic heterocycles. The Morgan fingerprint density at radius 3 is 1.70 bits per heavy atom. The predicted octanol–water partition coefficient (Wildman–Crippen LogP) is 6.67. The minimum atomic E-state index is 0.514. The minimum Gasteiger partial charge on any atom is -0.0819 e. The molecule has 2 atom stereocenters. The first kappa shape index (κ1) is 21.5. The second kappa shape index (κ2) is 8.78. The summed E-state index contributed by atoms with van der Waals surface area (Å²) in [7, 11) is 0. The Kier molecular flexibility index (Phi) is 6.28. The average molecular weight is 398 g/mol. The third-order valence-electron chi connectivity index (χ3n) is 7.83. The van der Waals surface area contributed by atoms with Crippen LogP contribution in [0, 0.1) is 53.4 Å². The summed E-state index contributed by atoms with van der Waals surface area (Å²) < 4.78 is 0. The quantitative estimate of drug-likeness (QED) is 0.277. The molecule has 30 heavy (non-hydrogen) atoms. The predicted molar refractivity (Wildman–Crippen MR) is 134 cm³/mol. The number of unbranched alkanes of at least 4 members (excludes halogenated alkanes) is 1. The zero-order valence-electron chi connectivity index (χ0n) is 20.1. The largest absolute Gasteiger partial charge is 0.210 e. The highest BCUT2D eigenvalue weighted by atomic mass is 14.4. The van der Waals surface area contributed by atoms with Crippen molar-refractivity contribution in [3.05, 3.63) is 69.3 Å². The van der Waals surface area contributed by atoms with Crippen LogP contribution >= 0.6 is 0 Å². The van der Waals surface area contributed by atoms with Crippen molar-refractivity contribution in [2.75, 3.05) is 0 Å². The maximum absolute atomic E-state index is 2.63. The van der Waals surface area contributed by atoms with Gasteiger partial charge in [0.05, 0.1) is 0 Å². The standard InChI is InChI=1S/C29H39B/c1-19-13-21(3)28(22(4)14-19)30(29-23(5)15-20(2)16-24(29)6)12-8-7-9-26-17-25-10-11-27(26)18-25/h13-17,25,27H,7-12,18H2,1-6H3. The zero-order chi connectivity index (χ0) is 21.4. The van der Waals surface area contributed by atoms with Crippen molar-refractivity contribution in [2.24, 2.45) is 11.8 Å². The van der Waals surface area contributed by atoms with Crippen molar-refractivity contribution in [2.45, 2.75) is 86.4 Å². The van der Waals surface area contributed by atoms with Crippen LogP contribution in [0.3, 0.4) is 0 Å². The number of rotatable bonds is 7. The maximum atomic E-state index is 2.63. The van der Waals surface area contributed by atoms with Crippen molar-refractivity contribution in [3.8, 4) is 0 Å². The lowest BCUT2D eigenvalue weighted by Crippen LogP contribution is -2.47. The van der Waals surface area contributed by atoms with Gasteiger partial charge in [0.1, 0.15) is 0 Å². The summed E-state index contributed by atoms with van der Waals surface area (Å²) in [5, 5.41) is 0. The van der Waals surface area contributed by atoms with E-state index in [0.717, 1.165) is 11.8 Å². The van der Waals surface area contributed by atoms with Gasteiger partial charge in [0.25, 0.3) is 0 Å². The molecule has 0 saturated heterocycles. The van der Waals surface area contributed by atoms with Crippen LogP contribution in [0.15, 0.2) is 35.9 Å². The molecular weight excluding hydrogens is 359 g/mol. The third kappa shape index (κ3) is 4.32. The minimum absolute atomic E-state index is 0.514. The first-order valence-electron chi connectivity index (χ1n) is 12.2. The van der Waals surface area contributed by atoms with Gasteiger partial charge in [0.15, 0.2) is 0 Å². The molecule has 1 heteroatoms. The first-order chi connectivity index (χ1) is 14.3. The molecule has 2 aliphatic carbocycles. The summed E-state index contributed by atoms with van der Waals surface area (Å²) in [6.45, 7) is 14.2. The van der Waals surface area contributed by atoms with E-state index in [1.165, 1.54) is 78.2 Å². The summed E-state index contributed by atoms with van der Waals surface area (Å²) in [4.78, 5) is 0. The molecule has 1 saturated carbocycles. The fourth-order valence-corrected chi connectivity index (χ4v) is 6.82. The highest BCUT2D eigenvalue weighted by molar-refractivity contribution is 6.86. The molecule has 4 rings (SSSR count). The summed E-state index contributed by atoms with van der Waals surface area (Å²) in [5.74, 6) is 1.86. The van der Waals surface area contributed by atoms with Gasteiger partial charge in [0.2, 0.25) is 6.71 Å². The summed E-state index contributed by atoms with van der Waals surface area (Å²) in [5.41, 5.74) is 13.6. The SMILES string of the molecule is Cc1cc(C)c(B(CCCCC2=CC3CCC2C3)c2c(C)cc(C)cc2C)c(C)c1. The lowest BCUT2D eigenvalue weighted by atomic mass is 9.35. The second-order valence-corrected chi connectivity index (χ2v) is 10.4. The van der Waals surface area contributed by atoms with Crippen LogP contribution in [0.1, 0.15) is 71.9 Å². The van der Waals surface area contributed by atoms with Crippen LogP contribution in [0.4, 0.5) is 0 Å². The van der Waals surface area contributed by atoms with E-state index < -0.39 is 0 Å². The Hall–Kier alpha value is -1.76. The number of hydrogen-bond acceptors (Lipinski definition) is 0. The van der Waals surface area contributed by atoms with Gasteiger partial charge in [-0.05, 0) is 79.1 Å². The van der Waals surface area contributed by atoms with E-state index in [1.807, 2.05) is 0 Å². The number of hydrogen-bond donors (Lipinski definition) is 0. The van der Waals surface area contributed by atoms with Gasteiger partial charge in [-0.15, -0.1) is 0 Å². The lowest BCUT2D eigenvalue weighted by Gasteiger charge is -2.24. The van der Waals surface area contributed by atoms with Gasteiger partial charge in [-0.3, -0.25) is 0 Å². The van der Waals surface area contributed by atoms with Gasteiger partial charge in [-0.2, -0.15) is 0 Å². The topological polar surface area (TPSA) is 0 Å². The molecule has 2 bridgehead atoms. The molecule has 0 amide bonds. The van der Waals surface area contributed by atoms with Gasteiger partial charge in [-0.25, -0.2) is 0 Å². The maximum Gasteiger partial charge on any atom is 0.210 e. The molecule has 0 aromatic heterocycles. The van der Waals surface area contributed by atoms with E-state index >= 15 is 0 Å². The van der Waals surface area contributed by atoms with Crippen molar-refractivity contribution < 1.29 is 0 Å². The monoisotopic (exact) mass is 398 g/mol. The van der Waals surface area contributed by atoms with Crippen molar-refractivity contribution in [1.29, 1.82) is 0 Å². The Bertz CT molecular complexity index is 861. The molecule has 2 aromatic rings. The fraction of sp³-hybridized carbons (Fsp3) is 0.517. The van der Waals surface area contributed by atoms with Crippen LogP contribution in [0.5, 0.6) is 0 Å². The van der Waals surface area contributed by atoms with Gasteiger partial charge >= 0.3 is 0 Å².